The minimum atomic E-state index is -0.245. The number of rotatable bonds is 4. The molecule has 4 aromatic heterocycles. The molecule has 4 heterocycles. The minimum Gasteiger partial charge on any atom is -0.377 e. The fourth-order valence-electron chi connectivity index (χ4n) is 3.84. The molecule has 4 aromatic rings. The fraction of sp³-hybridized carbons (Fsp3) is 0.444. The smallest absolute Gasteiger partial charge is 0.268 e. The maximum atomic E-state index is 13.0. The third-order valence-electron chi connectivity index (χ3n) is 5.25. The van der Waals surface area contributed by atoms with E-state index in [0.29, 0.717) is 34.4 Å². The Morgan fingerprint density at radius 2 is 2.11 bits per heavy atom. The summed E-state index contributed by atoms with van der Waals surface area (Å²) in [6, 6.07) is 1.80. The first kappa shape index (κ1) is 17.0. The minimum absolute atomic E-state index is 0.245. The van der Waals surface area contributed by atoms with E-state index >= 15 is 0 Å². The van der Waals surface area contributed by atoms with E-state index in [1.165, 1.54) is 30.0 Å². The molecule has 0 radical (unpaired) electrons. The van der Waals surface area contributed by atoms with Crippen molar-refractivity contribution in [2.45, 2.75) is 44.6 Å². The first-order valence-corrected chi connectivity index (χ1v) is 9.42. The summed E-state index contributed by atoms with van der Waals surface area (Å²) in [7, 11) is 1.58. The van der Waals surface area contributed by atoms with Crippen LogP contribution in [-0.4, -0.2) is 46.4 Å². The van der Waals surface area contributed by atoms with Gasteiger partial charge in [0, 0.05) is 25.4 Å². The summed E-state index contributed by atoms with van der Waals surface area (Å²) in [4.78, 5) is 26.2. The topological polar surface area (TPSA) is 116 Å². The number of pyridine rings is 1. The van der Waals surface area contributed by atoms with Gasteiger partial charge in [-0.05, 0) is 18.9 Å². The quantitative estimate of drug-likeness (QED) is 0.573. The second-order valence-electron chi connectivity index (χ2n) is 7.08. The van der Waals surface area contributed by atoms with Gasteiger partial charge in [0.15, 0.2) is 5.82 Å². The maximum absolute atomic E-state index is 13.0. The Labute approximate surface area is 159 Å². The predicted molar refractivity (Wildman–Crippen MR) is 100 cm³/mol. The normalized spacial score (nSPS) is 15.6. The van der Waals surface area contributed by atoms with Crippen molar-refractivity contribution in [2.24, 2.45) is 0 Å². The standard InChI is InChI=1S/C18H20N8O2/c1-28-10-14-20-17-19-9-12-13(26(17)24-14)7-8-25(16(12)27)18-21-15(22-23-18)11-5-3-2-4-6-11/h7-9,11H,2-6,10H2,1H3,(H,21,22,23). The van der Waals surface area contributed by atoms with E-state index in [1.54, 1.807) is 23.9 Å². The first-order valence-electron chi connectivity index (χ1n) is 9.42. The van der Waals surface area contributed by atoms with Gasteiger partial charge in [-0.15, -0.1) is 10.2 Å². The van der Waals surface area contributed by atoms with Crippen LogP contribution in [0.2, 0.25) is 0 Å². The van der Waals surface area contributed by atoms with Gasteiger partial charge in [0.25, 0.3) is 17.3 Å². The highest BCUT2D eigenvalue weighted by Crippen LogP contribution is 2.30. The van der Waals surface area contributed by atoms with E-state index in [0.717, 1.165) is 18.7 Å². The van der Waals surface area contributed by atoms with E-state index in [2.05, 4.69) is 30.2 Å². The second kappa shape index (κ2) is 6.79. The van der Waals surface area contributed by atoms with Gasteiger partial charge in [0.2, 0.25) is 0 Å². The lowest BCUT2D eigenvalue weighted by Crippen LogP contribution is -2.20. The van der Waals surface area contributed by atoms with Crippen LogP contribution in [0, 0.1) is 0 Å². The summed E-state index contributed by atoms with van der Waals surface area (Å²) in [5, 5.41) is 12.1. The molecule has 1 saturated carbocycles. The van der Waals surface area contributed by atoms with Crippen molar-refractivity contribution in [2.75, 3.05) is 7.11 Å². The zero-order chi connectivity index (χ0) is 19.1. The molecular formula is C18H20N8O2. The van der Waals surface area contributed by atoms with Gasteiger partial charge in [0.05, 0.1) is 10.9 Å². The van der Waals surface area contributed by atoms with Crippen molar-refractivity contribution in [3.05, 3.63) is 40.5 Å². The van der Waals surface area contributed by atoms with E-state index in [4.69, 9.17) is 4.74 Å². The van der Waals surface area contributed by atoms with Gasteiger partial charge in [0.1, 0.15) is 12.4 Å². The molecule has 1 fully saturated rings. The molecule has 0 bridgehead atoms. The lowest BCUT2D eigenvalue weighted by Gasteiger charge is -2.18. The Morgan fingerprint density at radius 3 is 2.93 bits per heavy atom. The summed E-state index contributed by atoms with van der Waals surface area (Å²) in [6.45, 7) is 0.281. The number of H-pyrrole nitrogens is 1. The van der Waals surface area contributed by atoms with E-state index in [1.807, 2.05) is 0 Å². The number of aromatic amines is 1. The number of methoxy groups -OCH3 is 1. The van der Waals surface area contributed by atoms with Crippen molar-refractivity contribution < 1.29 is 4.74 Å². The highest BCUT2D eigenvalue weighted by Gasteiger charge is 2.20. The SMILES string of the molecule is COCc1nc2ncc3c(=O)n(-c4n[nH]c(C5CCCCC5)n4)ccc3n2n1. The van der Waals surface area contributed by atoms with Crippen LogP contribution in [-0.2, 0) is 11.3 Å². The van der Waals surface area contributed by atoms with Gasteiger partial charge >= 0.3 is 0 Å². The Hall–Kier alpha value is -3.14. The van der Waals surface area contributed by atoms with Crippen molar-refractivity contribution in [3.8, 4) is 5.95 Å². The van der Waals surface area contributed by atoms with Crippen LogP contribution in [0.25, 0.3) is 22.6 Å². The molecule has 144 valence electrons. The summed E-state index contributed by atoms with van der Waals surface area (Å²) < 4.78 is 8.06. The van der Waals surface area contributed by atoms with E-state index in [9.17, 15) is 4.79 Å². The highest BCUT2D eigenvalue weighted by molar-refractivity contribution is 5.78. The monoisotopic (exact) mass is 380 g/mol. The number of fused-ring (bicyclic) bond motifs is 3. The molecule has 0 saturated heterocycles. The number of nitrogens with one attached hydrogen (secondary N) is 1. The van der Waals surface area contributed by atoms with Crippen LogP contribution in [0.3, 0.4) is 0 Å². The summed E-state index contributed by atoms with van der Waals surface area (Å²) >= 11 is 0. The first-order chi connectivity index (χ1) is 13.7. The Morgan fingerprint density at radius 1 is 1.25 bits per heavy atom. The molecule has 0 spiro atoms. The molecule has 0 atom stereocenters. The molecule has 0 aliphatic heterocycles. The van der Waals surface area contributed by atoms with Crippen molar-refractivity contribution in [1.82, 2.24) is 39.3 Å². The number of hydrogen-bond donors (Lipinski definition) is 1. The number of hydrogen-bond acceptors (Lipinski definition) is 7. The van der Waals surface area contributed by atoms with Crippen molar-refractivity contribution >= 4 is 16.7 Å². The number of aromatic nitrogens is 8. The molecule has 1 N–H and O–H groups in total. The van der Waals surface area contributed by atoms with Gasteiger partial charge < -0.3 is 4.74 Å². The van der Waals surface area contributed by atoms with Crippen LogP contribution in [0.1, 0.15) is 49.7 Å². The summed E-state index contributed by atoms with van der Waals surface area (Å²) in [5.74, 6) is 2.54. The van der Waals surface area contributed by atoms with Crippen molar-refractivity contribution in [1.29, 1.82) is 0 Å². The molecule has 0 unspecified atom stereocenters. The highest BCUT2D eigenvalue weighted by atomic mass is 16.5. The largest absolute Gasteiger partial charge is 0.377 e. The lowest BCUT2D eigenvalue weighted by molar-refractivity contribution is 0.178. The number of ether oxygens (including phenoxy) is 1. The third kappa shape index (κ3) is 2.76. The van der Waals surface area contributed by atoms with Crippen LogP contribution in [0.15, 0.2) is 23.3 Å². The second-order valence-corrected chi connectivity index (χ2v) is 7.08. The molecule has 10 nitrogen and oxygen atoms in total. The summed E-state index contributed by atoms with van der Waals surface area (Å²) in [6.07, 6.45) is 9.09. The molecule has 28 heavy (non-hydrogen) atoms. The Kier molecular flexibility index (Phi) is 4.12. The van der Waals surface area contributed by atoms with E-state index < -0.39 is 0 Å². The molecule has 1 aliphatic carbocycles. The third-order valence-corrected chi connectivity index (χ3v) is 5.25. The predicted octanol–water partition coefficient (Wildman–Crippen LogP) is 1.74. The molecular weight excluding hydrogens is 360 g/mol. The number of nitrogens with zero attached hydrogens (tertiary/aromatic N) is 7. The Bertz CT molecular complexity index is 1200. The van der Waals surface area contributed by atoms with Gasteiger partial charge in [-0.3, -0.25) is 9.89 Å². The van der Waals surface area contributed by atoms with Crippen LogP contribution in [0.4, 0.5) is 0 Å². The molecule has 0 amide bonds. The van der Waals surface area contributed by atoms with Gasteiger partial charge in [-0.2, -0.15) is 14.5 Å². The van der Waals surface area contributed by atoms with Crippen molar-refractivity contribution in [3.63, 3.8) is 0 Å². The molecule has 1 aliphatic rings. The maximum Gasteiger partial charge on any atom is 0.268 e. The van der Waals surface area contributed by atoms with Crippen LogP contribution in [0.5, 0.6) is 0 Å². The van der Waals surface area contributed by atoms with Gasteiger partial charge in [-0.1, -0.05) is 19.3 Å². The zero-order valence-corrected chi connectivity index (χ0v) is 15.5. The van der Waals surface area contributed by atoms with E-state index in [-0.39, 0.29) is 12.2 Å². The lowest BCUT2D eigenvalue weighted by atomic mass is 9.89. The van der Waals surface area contributed by atoms with Crippen LogP contribution >= 0.6 is 0 Å². The average Bonchev–Trinajstić information content (AvgIpc) is 3.36. The van der Waals surface area contributed by atoms with Crippen LogP contribution < -0.4 is 5.56 Å². The zero-order valence-electron chi connectivity index (χ0n) is 15.5. The fourth-order valence-corrected chi connectivity index (χ4v) is 3.84. The van der Waals surface area contributed by atoms with Gasteiger partial charge in [-0.25, -0.2) is 9.55 Å². The molecule has 0 aromatic carbocycles. The molecule has 5 rings (SSSR count). The molecule has 10 heteroatoms. The summed E-state index contributed by atoms with van der Waals surface area (Å²) in [5.41, 5.74) is 0.383. The average molecular weight is 380 g/mol. The Balaban J connectivity index is 1.57.